The SMILES string of the molecule is CC(=O)N1c2cccc(Cl)c2C(=O)C1C. The lowest BCUT2D eigenvalue weighted by molar-refractivity contribution is -0.116. The summed E-state index contributed by atoms with van der Waals surface area (Å²) in [6.07, 6.45) is 0. The van der Waals surface area contributed by atoms with Crippen LogP contribution in [0.15, 0.2) is 18.2 Å². The standard InChI is InChI=1S/C11H10ClNO2/c1-6-11(15)10-8(12)4-3-5-9(10)13(6)7(2)14/h3-6H,1-2H3. The van der Waals surface area contributed by atoms with Crippen LogP contribution < -0.4 is 4.90 Å². The van der Waals surface area contributed by atoms with Gasteiger partial charge in [0, 0.05) is 6.92 Å². The smallest absolute Gasteiger partial charge is 0.224 e. The Morgan fingerprint density at radius 1 is 1.47 bits per heavy atom. The first-order valence-electron chi connectivity index (χ1n) is 4.66. The van der Waals surface area contributed by atoms with Crippen molar-refractivity contribution < 1.29 is 9.59 Å². The number of ketones is 1. The molecule has 1 aliphatic rings. The van der Waals surface area contributed by atoms with Gasteiger partial charge >= 0.3 is 0 Å². The predicted octanol–water partition coefficient (Wildman–Crippen LogP) is 2.28. The number of amides is 1. The molecule has 1 aromatic carbocycles. The van der Waals surface area contributed by atoms with Gasteiger partial charge in [0.1, 0.15) is 0 Å². The van der Waals surface area contributed by atoms with Crippen molar-refractivity contribution in [3.8, 4) is 0 Å². The van der Waals surface area contributed by atoms with Crippen molar-refractivity contribution in [1.29, 1.82) is 0 Å². The lowest BCUT2D eigenvalue weighted by atomic mass is 10.1. The molecule has 4 heteroatoms. The average molecular weight is 224 g/mol. The van der Waals surface area contributed by atoms with Crippen LogP contribution in [0.25, 0.3) is 0 Å². The lowest BCUT2D eigenvalue weighted by Gasteiger charge is -2.18. The minimum atomic E-state index is -0.447. The van der Waals surface area contributed by atoms with Gasteiger partial charge in [-0.25, -0.2) is 0 Å². The molecule has 0 fully saturated rings. The van der Waals surface area contributed by atoms with E-state index in [1.165, 1.54) is 11.8 Å². The third-order valence-electron chi connectivity index (χ3n) is 2.60. The zero-order valence-electron chi connectivity index (χ0n) is 8.45. The summed E-state index contributed by atoms with van der Waals surface area (Å²) in [5.41, 5.74) is 1.08. The number of benzene rings is 1. The molecule has 0 aliphatic carbocycles. The molecule has 1 atom stereocenters. The van der Waals surface area contributed by atoms with E-state index >= 15 is 0 Å². The first-order valence-corrected chi connectivity index (χ1v) is 5.04. The van der Waals surface area contributed by atoms with Gasteiger partial charge in [0.15, 0.2) is 5.78 Å². The van der Waals surface area contributed by atoms with Crippen molar-refractivity contribution in [2.45, 2.75) is 19.9 Å². The van der Waals surface area contributed by atoms with E-state index in [0.717, 1.165) is 0 Å². The molecule has 0 N–H and O–H groups in total. The maximum Gasteiger partial charge on any atom is 0.224 e. The summed E-state index contributed by atoms with van der Waals surface area (Å²) in [7, 11) is 0. The van der Waals surface area contributed by atoms with Crippen LogP contribution in [0.2, 0.25) is 5.02 Å². The minimum absolute atomic E-state index is 0.0919. The number of hydrogen-bond donors (Lipinski definition) is 0. The highest BCUT2D eigenvalue weighted by atomic mass is 35.5. The van der Waals surface area contributed by atoms with Crippen molar-refractivity contribution in [1.82, 2.24) is 0 Å². The summed E-state index contributed by atoms with van der Waals surface area (Å²) < 4.78 is 0. The maximum atomic E-state index is 11.9. The van der Waals surface area contributed by atoms with Crippen molar-refractivity contribution in [2.24, 2.45) is 0 Å². The van der Waals surface area contributed by atoms with E-state index in [-0.39, 0.29) is 11.7 Å². The largest absolute Gasteiger partial charge is 0.301 e. The van der Waals surface area contributed by atoms with Crippen LogP contribution in [0, 0.1) is 0 Å². The third-order valence-corrected chi connectivity index (χ3v) is 2.92. The molecule has 1 unspecified atom stereocenters. The second-order valence-corrected chi connectivity index (χ2v) is 3.97. The second kappa shape index (κ2) is 3.35. The van der Waals surface area contributed by atoms with Crippen molar-refractivity contribution in [3.05, 3.63) is 28.8 Å². The zero-order valence-corrected chi connectivity index (χ0v) is 9.21. The van der Waals surface area contributed by atoms with Crippen LogP contribution in [-0.4, -0.2) is 17.7 Å². The second-order valence-electron chi connectivity index (χ2n) is 3.56. The molecule has 0 saturated carbocycles. The highest BCUT2D eigenvalue weighted by Gasteiger charge is 2.37. The molecule has 0 bridgehead atoms. The Balaban J connectivity index is 2.66. The van der Waals surface area contributed by atoms with Gasteiger partial charge in [-0.15, -0.1) is 0 Å². The monoisotopic (exact) mass is 223 g/mol. The molecule has 1 amide bonds. The summed E-state index contributed by atoms with van der Waals surface area (Å²) in [4.78, 5) is 24.7. The Hall–Kier alpha value is -1.35. The first kappa shape index (κ1) is 10.2. The molecule has 3 nitrogen and oxygen atoms in total. The molecule has 1 heterocycles. The van der Waals surface area contributed by atoms with E-state index < -0.39 is 6.04 Å². The topological polar surface area (TPSA) is 37.4 Å². The van der Waals surface area contributed by atoms with Gasteiger partial charge in [0.2, 0.25) is 5.91 Å². The van der Waals surface area contributed by atoms with E-state index in [2.05, 4.69) is 0 Å². The van der Waals surface area contributed by atoms with Crippen LogP contribution in [0.4, 0.5) is 5.69 Å². The fraction of sp³-hybridized carbons (Fsp3) is 0.273. The summed E-state index contributed by atoms with van der Waals surface area (Å²) in [6.45, 7) is 3.15. The third kappa shape index (κ3) is 1.35. The van der Waals surface area contributed by atoms with Gasteiger partial charge < -0.3 is 4.90 Å². The number of fused-ring (bicyclic) bond motifs is 1. The van der Waals surface area contributed by atoms with Crippen LogP contribution in [0.5, 0.6) is 0 Å². The Kier molecular flexibility index (Phi) is 2.27. The maximum absolute atomic E-state index is 11.9. The van der Waals surface area contributed by atoms with Gasteiger partial charge in [0.05, 0.1) is 22.3 Å². The van der Waals surface area contributed by atoms with E-state index in [1.54, 1.807) is 25.1 Å². The highest BCUT2D eigenvalue weighted by molar-refractivity contribution is 6.36. The number of rotatable bonds is 0. The van der Waals surface area contributed by atoms with E-state index in [0.29, 0.717) is 16.3 Å². The zero-order chi connectivity index (χ0) is 11.2. The summed E-state index contributed by atoms with van der Waals surface area (Å²) in [5.74, 6) is -0.234. The minimum Gasteiger partial charge on any atom is -0.301 e. The molecule has 1 aromatic rings. The van der Waals surface area contributed by atoms with Crippen molar-refractivity contribution >= 4 is 29.0 Å². The van der Waals surface area contributed by atoms with Crippen molar-refractivity contribution in [2.75, 3.05) is 4.90 Å². The Labute approximate surface area is 92.6 Å². The molecular formula is C11H10ClNO2. The molecule has 1 aliphatic heterocycles. The number of Topliss-reactive ketones (excluding diaryl/α,β-unsaturated/α-hetero) is 1. The van der Waals surface area contributed by atoms with Gasteiger partial charge in [-0.2, -0.15) is 0 Å². The van der Waals surface area contributed by atoms with Crippen molar-refractivity contribution in [3.63, 3.8) is 0 Å². The van der Waals surface area contributed by atoms with Crippen LogP contribution in [0.1, 0.15) is 24.2 Å². The lowest BCUT2D eigenvalue weighted by Crippen LogP contribution is -2.36. The van der Waals surface area contributed by atoms with Gasteiger partial charge in [-0.1, -0.05) is 17.7 Å². The van der Waals surface area contributed by atoms with Crippen LogP contribution >= 0.6 is 11.6 Å². The van der Waals surface area contributed by atoms with Gasteiger partial charge in [0.25, 0.3) is 0 Å². The molecular weight excluding hydrogens is 214 g/mol. The Morgan fingerprint density at radius 2 is 2.13 bits per heavy atom. The summed E-state index contributed by atoms with van der Waals surface area (Å²) in [5, 5.41) is 0.410. The average Bonchev–Trinajstić information content (AvgIpc) is 2.41. The fourth-order valence-electron chi connectivity index (χ4n) is 1.93. The van der Waals surface area contributed by atoms with E-state index in [4.69, 9.17) is 11.6 Å². The number of halogens is 1. The fourth-order valence-corrected chi connectivity index (χ4v) is 2.20. The normalized spacial score (nSPS) is 19.3. The van der Waals surface area contributed by atoms with Gasteiger partial charge in [-0.05, 0) is 19.1 Å². The van der Waals surface area contributed by atoms with Crippen LogP contribution in [0.3, 0.4) is 0 Å². The van der Waals surface area contributed by atoms with Gasteiger partial charge in [-0.3, -0.25) is 9.59 Å². The van der Waals surface area contributed by atoms with E-state index in [9.17, 15) is 9.59 Å². The highest BCUT2D eigenvalue weighted by Crippen LogP contribution is 2.36. The predicted molar refractivity (Wildman–Crippen MR) is 58.4 cm³/mol. The number of carbonyl (C=O) groups is 2. The first-order chi connectivity index (χ1) is 7.04. The number of carbonyl (C=O) groups excluding carboxylic acids is 2. The molecule has 2 rings (SSSR count). The van der Waals surface area contributed by atoms with E-state index in [1.807, 2.05) is 0 Å². The number of hydrogen-bond acceptors (Lipinski definition) is 2. The summed E-state index contributed by atoms with van der Waals surface area (Å²) >= 11 is 5.94. The number of nitrogens with zero attached hydrogens (tertiary/aromatic N) is 1. The molecule has 0 radical (unpaired) electrons. The molecule has 0 spiro atoms. The molecule has 0 aromatic heterocycles. The Bertz CT molecular complexity index is 456. The molecule has 15 heavy (non-hydrogen) atoms. The summed E-state index contributed by atoms with van der Waals surface area (Å²) in [6, 6.07) is 4.69. The molecule has 78 valence electrons. The van der Waals surface area contributed by atoms with Crippen LogP contribution in [-0.2, 0) is 4.79 Å². The number of anilines is 1. The molecule has 0 saturated heterocycles. The Morgan fingerprint density at radius 3 is 2.73 bits per heavy atom. The quantitative estimate of drug-likeness (QED) is 0.677.